The SMILES string of the molecule is C[C@H](NC(=O)N[C@H]1C[C@H]2CC[C@@]1(C)C2(C)C)c1ccc2c(c1)CCC(=O)N2. The van der Waals surface area contributed by atoms with Crippen LogP contribution in [0.1, 0.15) is 70.5 Å². The topological polar surface area (TPSA) is 70.2 Å². The van der Waals surface area contributed by atoms with Crippen LogP contribution in [0.15, 0.2) is 18.2 Å². The minimum Gasteiger partial charge on any atom is -0.335 e. The van der Waals surface area contributed by atoms with Crippen LogP contribution in [0.2, 0.25) is 0 Å². The van der Waals surface area contributed by atoms with Gasteiger partial charge >= 0.3 is 6.03 Å². The van der Waals surface area contributed by atoms with Crippen LogP contribution < -0.4 is 16.0 Å². The third-order valence-corrected chi connectivity index (χ3v) is 7.97. The molecule has 1 aromatic rings. The summed E-state index contributed by atoms with van der Waals surface area (Å²) in [7, 11) is 0. The Morgan fingerprint density at radius 1 is 1.26 bits per heavy atom. The quantitative estimate of drug-likeness (QED) is 0.749. The van der Waals surface area contributed by atoms with E-state index in [9.17, 15) is 9.59 Å². The highest BCUT2D eigenvalue weighted by Crippen LogP contribution is 2.65. The molecule has 1 aliphatic heterocycles. The number of rotatable bonds is 3. The molecule has 3 amide bonds. The first-order valence-corrected chi connectivity index (χ1v) is 10.2. The Balaban J connectivity index is 1.40. The summed E-state index contributed by atoms with van der Waals surface area (Å²) >= 11 is 0. The number of fused-ring (bicyclic) bond motifs is 3. The van der Waals surface area contributed by atoms with E-state index in [-0.39, 0.29) is 29.4 Å². The van der Waals surface area contributed by atoms with Gasteiger partial charge < -0.3 is 16.0 Å². The molecule has 0 spiro atoms. The number of benzene rings is 1. The van der Waals surface area contributed by atoms with Crippen molar-refractivity contribution in [1.29, 1.82) is 0 Å². The number of hydrogen-bond donors (Lipinski definition) is 3. The van der Waals surface area contributed by atoms with E-state index < -0.39 is 0 Å². The fourth-order valence-corrected chi connectivity index (χ4v) is 5.57. The minimum absolute atomic E-state index is 0.0723. The highest BCUT2D eigenvalue weighted by atomic mass is 16.2. The van der Waals surface area contributed by atoms with Crippen molar-refractivity contribution in [2.75, 3.05) is 5.32 Å². The molecule has 5 nitrogen and oxygen atoms in total. The van der Waals surface area contributed by atoms with Gasteiger partial charge in [-0.15, -0.1) is 0 Å². The number of aryl methyl sites for hydroxylation is 1. The minimum atomic E-state index is -0.0805. The van der Waals surface area contributed by atoms with Crippen LogP contribution in [-0.4, -0.2) is 18.0 Å². The van der Waals surface area contributed by atoms with Crippen molar-refractivity contribution >= 4 is 17.6 Å². The lowest BCUT2D eigenvalue weighted by molar-refractivity contribution is -0.116. The fourth-order valence-electron chi connectivity index (χ4n) is 5.57. The Morgan fingerprint density at radius 3 is 2.70 bits per heavy atom. The standard InChI is InChI=1S/C22H31N3O2/c1-13(14-5-7-17-15(11-14)6-8-19(26)24-17)23-20(27)25-18-12-16-9-10-22(18,4)21(16,2)3/h5,7,11,13,16,18H,6,8-10,12H2,1-4H3,(H,24,26)(H2,23,25,27)/t13-,16+,18-,22+/m0/s1. The zero-order chi connectivity index (χ0) is 19.4. The largest absolute Gasteiger partial charge is 0.335 e. The number of carbonyl (C=O) groups excluding carboxylic acids is 2. The van der Waals surface area contributed by atoms with E-state index in [1.54, 1.807) is 0 Å². The normalized spacial score (nSPS) is 31.8. The summed E-state index contributed by atoms with van der Waals surface area (Å²) in [5.41, 5.74) is 3.58. The fraction of sp³-hybridized carbons (Fsp3) is 0.636. The maximum atomic E-state index is 12.7. The molecular weight excluding hydrogens is 338 g/mol. The molecular formula is C22H31N3O2. The summed E-state index contributed by atoms with van der Waals surface area (Å²) in [5.74, 6) is 0.782. The van der Waals surface area contributed by atoms with E-state index in [0.29, 0.717) is 17.8 Å². The number of anilines is 1. The molecule has 2 bridgehead atoms. The van der Waals surface area contributed by atoms with Crippen LogP contribution in [0.25, 0.3) is 0 Å². The Hall–Kier alpha value is -2.04. The smallest absolute Gasteiger partial charge is 0.315 e. The van der Waals surface area contributed by atoms with Crippen LogP contribution >= 0.6 is 0 Å². The first-order valence-electron chi connectivity index (χ1n) is 10.2. The van der Waals surface area contributed by atoms with Crippen molar-refractivity contribution < 1.29 is 9.59 Å². The summed E-state index contributed by atoms with van der Waals surface area (Å²) in [6, 6.07) is 6.11. The molecule has 0 unspecified atom stereocenters. The summed E-state index contributed by atoms with van der Waals surface area (Å²) in [4.78, 5) is 24.2. The zero-order valence-electron chi connectivity index (χ0n) is 16.8. The maximum Gasteiger partial charge on any atom is 0.315 e. The monoisotopic (exact) mass is 369 g/mol. The van der Waals surface area contributed by atoms with E-state index in [1.807, 2.05) is 19.1 Å². The first kappa shape index (κ1) is 18.3. The summed E-state index contributed by atoms with van der Waals surface area (Å²) < 4.78 is 0. The second kappa shape index (κ2) is 6.25. The third-order valence-electron chi connectivity index (χ3n) is 7.97. The number of carbonyl (C=O) groups is 2. The van der Waals surface area contributed by atoms with Crippen molar-refractivity contribution in [3.8, 4) is 0 Å². The van der Waals surface area contributed by atoms with E-state index in [2.05, 4.69) is 42.8 Å². The van der Waals surface area contributed by atoms with Gasteiger partial charge in [0.15, 0.2) is 0 Å². The average molecular weight is 370 g/mol. The molecule has 4 rings (SSSR count). The second-order valence-corrected chi connectivity index (χ2v) is 9.47. The maximum absolute atomic E-state index is 12.7. The molecule has 1 aromatic carbocycles. The van der Waals surface area contributed by atoms with Crippen molar-refractivity contribution in [2.24, 2.45) is 16.7 Å². The second-order valence-electron chi connectivity index (χ2n) is 9.47. The molecule has 1 heterocycles. The van der Waals surface area contributed by atoms with Crippen molar-refractivity contribution in [2.45, 2.75) is 71.9 Å². The van der Waals surface area contributed by atoms with E-state index >= 15 is 0 Å². The highest BCUT2D eigenvalue weighted by molar-refractivity contribution is 5.93. The molecule has 3 aliphatic rings. The van der Waals surface area contributed by atoms with Gasteiger partial charge in [-0.3, -0.25) is 4.79 Å². The van der Waals surface area contributed by atoms with Gasteiger partial charge in [-0.1, -0.05) is 32.9 Å². The van der Waals surface area contributed by atoms with Crippen molar-refractivity contribution in [1.82, 2.24) is 10.6 Å². The molecule has 27 heavy (non-hydrogen) atoms. The van der Waals surface area contributed by atoms with Crippen molar-refractivity contribution in [3.05, 3.63) is 29.3 Å². The number of nitrogens with one attached hydrogen (secondary N) is 3. The predicted molar refractivity (Wildman–Crippen MR) is 106 cm³/mol. The molecule has 2 saturated carbocycles. The average Bonchev–Trinajstić information content (AvgIpc) is 2.94. The molecule has 4 atom stereocenters. The molecule has 5 heteroatoms. The van der Waals surface area contributed by atoms with E-state index in [4.69, 9.17) is 0 Å². The number of amides is 3. The molecule has 0 aromatic heterocycles. The summed E-state index contributed by atoms with van der Waals surface area (Å²) in [6.45, 7) is 9.07. The predicted octanol–water partition coefficient (Wildman–Crippen LogP) is 4.15. The van der Waals surface area contributed by atoms with E-state index in [1.165, 1.54) is 12.8 Å². The zero-order valence-corrected chi connectivity index (χ0v) is 16.8. The Bertz CT molecular complexity index is 788. The lowest BCUT2D eigenvalue weighted by Gasteiger charge is -2.39. The Morgan fingerprint density at radius 2 is 2.04 bits per heavy atom. The molecule has 3 N–H and O–H groups in total. The lowest BCUT2D eigenvalue weighted by Crippen LogP contribution is -2.50. The van der Waals surface area contributed by atoms with Crippen LogP contribution in [0.5, 0.6) is 0 Å². The van der Waals surface area contributed by atoms with Gasteiger partial charge in [0.25, 0.3) is 0 Å². The molecule has 0 radical (unpaired) electrons. The Kier molecular flexibility index (Phi) is 4.24. The number of hydrogen-bond acceptors (Lipinski definition) is 2. The lowest BCUT2D eigenvalue weighted by atomic mass is 9.69. The molecule has 2 aliphatic carbocycles. The van der Waals surface area contributed by atoms with Crippen LogP contribution in [-0.2, 0) is 11.2 Å². The third kappa shape index (κ3) is 2.91. The van der Waals surface area contributed by atoms with Crippen LogP contribution in [0.3, 0.4) is 0 Å². The van der Waals surface area contributed by atoms with Gasteiger partial charge in [0.2, 0.25) is 5.91 Å². The number of urea groups is 1. The Labute approximate surface area is 161 Å². The highest BCUT2D eigenvalue weighted by Gasteiger charge is 2.61. The van der Waals surface area contributed by atoms with Gasteiger partial charge in [-0.2, -0.15) is 0 Å². The first-order chi connectivity index (χ1) is 12.7. The molecule has 2 fully saturated rings. The van der Waals surface area contributed by atoms with Gasteiger partial charge in [0, 0.05) is 18.2 Å². The summed E-state index contributed by atoms with van der Waals surface area (Å²) in [6.07, 6.45) is 4.84. The van der Waals surface area contributed by atoms with E-state index in [0.717, 1.165) is 29.7 Å². The van der Waals surface area contributed by atoms with Crippen LogP contribution in [0, 0.1) is 16.7 Å². The molecule has 146 valence electrons. The summed E-state index contributed by atoms with van der Waals surface area (Å²) in [5, 5.41) is 9.28. The molecule has 0 saturated heterocycles. The van der Waals surface area contributed by atoms with Gasteiger partial charge in [-0.25, -0.2) is 4.79 Å². The van der Waals surface area contributed by atoms with Crippen molar-refractivity contribution in [3.63, 3.8) is 0 Å². The van der Waals surface area contributed by atoms with Crippen LogP contribution in [0.4, 0.5) is 10.5 Å². The van der Waals surface area contributed by atoms with Gasteiger partial charge in [0.05, 0.1) is 6.04 Å². The van der Waals surface area contributed by atoms with Gasteiger partial charge in [-0.05, 0) is 66.5 Å². The van der Waals surface area contributed by atoms with Gasteiger partial charge in [0.1, 0.15) is 0 Å².